The number of hydrogen-bond acceptors (Lipinski definition) is 2. The van der Waals surface area contributed by atoms with Crippen LogP contribution in [0.3, 0.4) is 0 Å². The van der Waals surface area contributed by atoms with Crippen LogP contribution < -0.4 is 0 Å². The maximum Gasteiger partial charge on any atom is 0.0711 e. The molecule has 1 aromatic heterocycles. The minimum absolute atomic E-state index is 0.504. The second kappa shape index (κ2) is 4.66. The first-order chi connectivity index (χ1) is 9.20. The number of aryl methyl sites for hydroxylation is 3. The molecule has 0 aliphatic heterocycles. The van der Waals surface area contributed by atoms with E-state index in [4.69, 9.17) is 10.2 Å². The molecule has 1 aliphatic carbocycles. The van der Waals surface area contributed by atoms with Gasteiger partial charge in [-0.1, -0.05) is 0 Å². The normalized spacial score (nSPS) is 14.2. The summed E-state index contributed by atoms with van der Waals surface area (Å²) in [6.07, 6.45) is 5.11. The second-order valence-electron chi connectivity index (χ2n) is 5.51. The highest BCUT2D eigenvalue weighted by molar-refractivity contribution is 5.85. The molecule has 0 amide bonds. The number of fused-ring (bicyclic) bond motifs is 2. The predicted octanol–water partition coefficient (Wildman–Crippen LogP) is 3.80. The van der Waals surface area contributed by atoms with Gasteiger partial charge < -0.3 is 0 Å². The molecule has 0 atom stereocenters. The molecule has 0 unspecified atom stereocenters. The largest absolute Gasteiger partial charge is 0.253 e. The van der Waals surface area contributed by atoms with E-state index in [9.17, 15) is 0 Å². The molecule has 0 spiro atoms. The van der Waals surface area contributed by atoms with E-state index in [1.165, 1.54) is 46.2 Å². The van der Waals surface area contributed by atoms with Gasteiger partial charge in [0.15, 0.2) is 0 Å². The van der Waals surface area contributed by atoms with Gasteiger partial charge in [-0.2, -0.15) is 5.26 Å². The third kappa shape index (κ3) is 2.00. The van der Waals surface area contributed by atoms with Gasteiger partial charge in [0.05, 0.1) is 18.0 Å². The first-order valence-corrected chi connectivity index (χ1v) is 6.99. The molecule has 0 fully saturated rings. The number of benzene rings is 1. The molecule has 1 aliphatic rings. The lowest BCUT2D eigenvalue weighted by molar-refractivity contribution is 0.666. The van der Waals surface area contributed by atoms with E-state index in [0.29, 0.717) is 6.42 Å². The van der Waals surface area contributed by atoms with Crippen molar-refractivity contribution in [1.29, 1.82) is 5.26 Å². The highest BCUT2D eigenvalue weighted by Crippen LogP contribution is 2.30. The Kier molecular flexibility index (Phi) is 2.98. The smallest absolute Gasteiger partial charge is 0.0711 e. The molecule has 96 valence electrons. The fourth-order valence-corrected chi connectivity index (χ4v) is 3.06. The summed E-state index contributed by atoms with van der Waals surface area (Å²) in [5, 5.41) is 10.3. The summed E-state index contributed by atoms with van der Waals surface area (Å²) < 4.78 is 0. The van der Waals surface area contributed by atoms with Crippen molar-refractivity contribution < 1.29 is 0 Å². The van der Waals surface area contributed by atoms with Gasteiger partial charge in [-0.05, 0) is 73.9 Å². The van der Waals surface area contributed by atoms with Crippen LogP contribution in [0.25, 0.3) is 10.9 Å². The molecule has 1 heterocycles. The molecule has 0 saturated heterocycles. The molecule has 0 bridgehead atoms. The predicted molar refractivity (Wildman–Crippen MR) is 77.2 cm³/mol. The first-order valence-electron chi connectivity index (χ1n) is 6.99. The fourth-order valence-electron chi connectivity index (χ4n) is 3.06. The van der Waals surface area contributed by atoms with Crippen LogP contribution in [0.2, 0.25) is 0 Å². The molecular weight excluding hydrogens is 232 g/mol. The Morgan fingerprint density at radius 1 is 1.16 bits per heavy atom. The molecule has 2 heteroatoms. The lowest BCUT2D eigenvalue weighted by Gasteiger charge is -2.20. The number of aromatic nitrogens is 1. The summed E-state index contributed by atoms with van der Waals surface area (Å²) in [7, 11) is 0. The zero-order chi connectivity index (χ0) is 13.4. The van der Waals surface area contributed by atoms with Crippen LogP contribution in [0.4, 0.5) is 0 Å². The Hall–Kier alpha value is -1.88. The van der Waals surface area contributed by atoms with Crippen molar-refractivity contribution in [1.82, 2.24) is 4.98 Å². The average molecular weight is 250 g/mol. The fraction of sp³-hybridized carbons (Fsp3) is 0.412. The second-order valence-corrected chi connectivity index (χ2v) is 5.51. The SMILES string of the molecule is Cc1cc2nc3c(c(CC#N)c2cc1C)CCCC3. The highest BCUT2D eigenvalue weighted by Gasteiger charge is 2.18. The van der Waals surface area contributed by atoms with Crippen molar-refractivity contribution in [3.05, 3.63) is 40.1 Å². The maximum atomic E-state index is 9.13. The molecule has 3 rings (SSSR count). The third-order valence-corrected chi connectivity index (χ3v) is 4.25. The maximum absolute atomic E-state index is 9.13. The topological polar surface area (TPSA) is 36.7 Å². The lowest BCUT2D eigenvalue weighted by atomic mass is 9.88. The van der Waals surface area contributed by atoms with Gasteiger partial charge in [0.1, 0.15) is 0 Å². The summed E-state index contributed by atoms with van der Waals surface area (Å²) in [6, 6.07) is 6.71. The molecular formula is C17H18N2. The molecule has 0 saturated carbocycles. The summed E-state index contributed by atoms with van der Waals surface area (Å²) in [5.41, 5.74) is 7.43. The Morgan fingerprint density at radius 3 is 2.68 bits per heavy atom. The first kappa shape index (κ1) is 12.2. The molecule has 0 N–H and O–H groups in total. The van der Waals surface area contributed by atoms with Crippen molar-refractivity contribution in [3.63, 3.8) is 0 Å². The molecule has 19 heavy (non-hydrogen) atoms. The van der Waals surface area contributed by atoms with E-state index in [0.717, 1.165) is 18.4 Å². The van der Waals surface area contributed by atoms with Crippen molar-refractivity contribution in [2.24, 2.45) is 0 Å². The van der Waals surface area contributed by atoms with Crippen LogP contribution in [-0.4, -0.2) is 4.98 Å². The van der Waals surface area contributed by atoms with Gasteiger partial charge in [-0.3, -0.25) is 4.98 Å². The molecule has 0 radical (unpaired) electrons. The quantitative estimate of drug-likeness (QED) is 0.772. The number of hydrogen-bond donors (Lipinski definition) is 0. The number of nitrogens with zero attached hydrogens (tertiary/aromatic N) is 2. The number of pyridine rings is 1. The van der Waals surface area contributed by atoms with Gasteiger partial charge in [0.25, 0.3) is 0 Å². The molecule has 1 aromatic carbocycles. The van der Waals surface area contributed by atoms with Crippen molar-refractivity contribution in [2.75, 3.05) is 0 Å². The third-order valence-electron chi connectivity index (χ3n) is 4.25. The Labute approximate surface area is 114 Å². The van der Waals surface area contributed by atoms with Crippen LogP contribution in [0, 0.1) is 25.2 Å². The lowest BCUT2D eigenvalue weighted by Crippen LogP contribution is -2.10. The van der Waals surface area contributed by atoms with Gasteiger partial charge in [0.2, 0.25) is 0 Å². The highest BCUT2D eigenvalue weighted by atomic mass is 14.7. The zero-order valence-electron chi connectivity index (χ0n) is 11.6. The van der Waals surface area contributed by atoms with Crippen LogP contribution in [0.15, 0.2) is 12.1 Å². The number of rotatable bonds is 1. The minimum Gasteiger partial charge on any atom is -0.253 e. The van der Waals surface area contributed by atoms with Gasteiger partial charge in [-0.15, -0.1) is 0 Å². The summed E-state index contributed by atoms with van der Waals surface area (Å²) >= 11 is 0. The molecule has 2 aromatic rings. The average Bonchev–Trinajstić information content (AvgIpc) is 2.41. The number of nitriles is 1. The summed E-state index contributed by atoms with van der Waals surface area (Å²) in [5.74, 6) is 0. The Bertz CT molecular complexity index is 693. The van der Waals surface area contributed by atoms with Crippen molar-refractivity contribution >= 4 is 10.9 Å². The summed E-state index contributed by atoms with van der Waals surface area (Å²) in [4.78, 5) is 4.85. The van der Waals surface area contributed by atoms with Crippen molar-refractivity contribution in [3.8, 4) is 6.07 Å². The monoisotopic (exact) mass is 250 g/mol. The van der Waals surface area contributed by atoms with Gasteiger partial charge in [0, 0.05) is 11.1 Å². The van der Waals surface area contributed by atoms with Crippen molar-refractivity contribution in [2.45, 2.75) is 46.0 Å². The van der Waals surface area contributed by atoms with Crippen LogP contribution in [-0.2, 0) is 19.3 Å². The Morgan fingerprint density at radius 2 is 1.89 bits per heavy atom. The van der Waals surface area contributed by atoms with Gasteiger partial charge >= 0.3 is 0 Å². The van der Waals surface area contributed by atoms with E-state index < -0.39 is 0 Å². The van der Waals surface area contributed by atoms with Crippen LogP contribution in [0.1, 0.15) is 40.8 Å². The van der Waals surface area contributed by atoms with E-state index in [2.05, 4.69) is 32.0 Å². The van der Waals surface area contributed by atoms with Crippen LogP contribution in [0.5, 0.6) is 0 Å². The van der Waals surface area contributed by atoms with E-state index in [-0.39, 0.29) is 0 Å². The zero-order valence-corrected chi connectivity index (χ0v) is 11.6. The standard InChI is InChI=1S/C17H18N2/c1-11-9-15-13(7-8-18)14-5-3-4-6-16(14)19-17(15)10-12(11)2/h9-10H,3-7H2,1-2H3. The molecule has 2 nitrogen and oxygen atoms in total. The van der Waals surface area contributed by atoms with E-state index in [1.807, 2.05) is 0 Å². The van der Waals surface area contributed by atoms with Gasteiger partial charge in [-0.25, -0.2) is 0 Å². The summed E-state index contributed by atoms with van der Waals surface area (Å²) in [6.45, 7) is 4.25. The van der Waals surface area contributed by atoms with Crippen LogP contribution >= 0.6 is 0 Å². The minimum atomic E-state index is 0.504. The van der Waals surface area contributed by atoms with E-state index >= 15 is 0 Å². The van der Waals surface area contributed by atoms with E-state index in [1.54, 1.807) is 0 Å². The Balaban J connectivity index is 2.36.